The van der Waals surface area contributed by atoms with Crippen LogP contribution in [-0.4, -0.2) is 19.1 Å². The fourth-order valence-corrected chi connectivity index (χ4v) is 2.20. The normalized spacial score (nSPS) is 18.0. The topological polar surface area (TPSA) is 47.6 Å². The van der Waals surface area contributed by atoms with E-state index in [1.807, 2.05) is 18.2 Å². The Balaban J connectivity index is 1.60. The van der Waals surface area contributed by atoms with Crippen LogP contribution in [0.2, 0.25) is 0 Å². The van der Waals surface area contributed by atoms with Crippen molar-refractivity contribution >= 4 is 5.91 Å². The van der Waals surface area contributed by atoms with Gasteiger partial charge in [0, 0.05) is 12.5 Å². The van der Waals surface area contributed by atoms with Crippen molar-refractivity contribution in [2.75, 3.05) is 13.2 Å². The molecule has 0 radical (unpaired) electrons. The highest BCUT2D eigenvalue weighted by Crippen LogP contribution is 2.31. The van der Waals surface area contributed by atoms with E-state index >= 15 is 0 Å². The summed E-state index contributed by atoms with van der Waals surface area (Å²) in [4.78, 5) is 11.7. The van der Waals surface area contributed by atoms with E-state index in [2.05, 4.69) is 5.32 Å². The van der Waals surface area contributed by atoms with E-state index in [0.29, 0.717) is 19.8 Å². The van der Waals surface area contributed by atoms with Gasteiger partial charge in [0.25, 0.3) is 0 Å². The Kier molecular flexibility index (Phi) is 3.09. The molecule has 1 heterocycles. The van der Waals surface area contributed by atoms with Crippen LogP contribution < -0.4 is 14.8 Å². The first-order valence-electron chi connectivity index (χ1n) is 6.49. The van der Waals surface area contributed by atoms with E-state index in [1.54, 1.807) is 0 Å². The van der Waals surface area contributed by atoms with Crippen LogP contribution in [0.5, 0.6) is 11.5 Å². The summed E-state index contributed by atoms with van der Waals surface area (Å²) in [5.74, 6) is 1.98. The van der Waals surface area contributed by atoms with Crippen LogP contribution in [0, 0.1) is 5.92 Å². The molecule has 1 aromatic carbocycles. The third-order valence-corrected chi connectivity index (χ3v) is 3.55. The van der Waals surface area contributed by atoms with Gasteiger partial charge in [-0.3, -0.25) is 4.79 Å². The zero-order valence-corrected chi connectivity index (χ0v) is 10.3. The highest BCUT2D eigenvalue weighted by Gasteiger charge is 2.24. The maximum Gasteiger partial charge on any atom is 0.223 e. The summed E-state index contributed by atoms with van der Waals surface area (Å²) in [6.07, 6.45) is 3.25. The summed E-state index contributed by atoms with van der Waals surface area (Å²) in [6, 6.07) is 5.81. The Morgan fingerprint density at radius 3 is 2.72 bits per heavy atom. The third-order valence-electron chi connectivity index (χ3n) is 3.55. The molecule has 0 saturated heterocycles. The van der Waals surface area contributed by atoms with Gasteiger partial charge in [0.15, 0.2) is 11.5 Å². The van der Waals surface area contributed by atoms with Crippen molar-refractivity contribution in [3.05, 3.63) is 23.8 Å². The number of hydrogen-bond acceptors (Lipinski definition) is 3. The molecule has 18 heavy (non-hydrogen) atoms. The van der Waals surface area contributed by atoms with Gasteiger partial charge in [-0.25, -0.2) is 0 Å². The summed E-state index contributed by atoms with van der Waals surface area (Å²) < 4.78 is 11.0. The van der Waals surface area contributed by atoms with Crippen molar-refractivity contribution in [1.29, 1.82) is 0 Å². The second-order valence-electron chi connectivity index (χ2n) is 4.82. The quantitative estimate of drug-likeness (QED) is 0.887. The zero-order valence-electron chi connectivity index (χ0n) is 10.3. The second kappa shape index (κ2) is 4.88. The van der Waals surface area contributed by atoms with Gasteiger partial charge in [-0.05, 0) is 30.5 Å². The number of hydrogen-bond donors (Lipinski definition) is 1. The molecule has 0 bridgehead atoms. The number of fused-ring (bicyclic) bond motifs is 1. The Morgan fingerprint density at radius 2 is 2.00 bits per heavy atom. The number of amides is 1. The Hall–Kier alpha value is -1.71. The monoisotopic (exact) mass is 247 g/mol. The summed E-state index contributed by atoms with van der Waals surface area (Å²) in [6.45, 7) is 1.75. The number of carbonyl (C=O) groups excluding carboxylic acids is 1. The summed E-state index contributed by atoms with van der Waals surface area (Å²) >= 11 is 0. The van der Waals surface area contributed by atoms with Crippen molar-refractivity contribution in [3.8, 4) is 11.5 Å². The molecule has 1 aliphatic carbocycles. The molecule has 0 unspecified atom stereocenters. The molecule has 4 nitrogen and oxygen atoms in total. The molecule has 3 rings (SSSR count). The Labute approximate surface area is 106 Å². The molecule has 0 atom stereocenters. The number of nitrogens with one attached hydrogen (secondary N) is 1. The molecule has 1 fully saturated rings. The largest absolute Gasteiger partial charge is 0.486 e. The first kappa shape index (κ1) is 11.4. The lowest BCUT2D eigenvalue weighted by molar-refractivity contribution is -0.127. The Morgan fingerprint density at radius 1 is 1.22 bits per heavy atom. The predicted octanol–water partition coefficient (Wildman–Crippen LogP) is 1.87. The molecular weight excluding hydrogens is 230 g/mol. The van der Waals surface area contributed by atoms with Crippen molar-refractivity contribution in [1.82, 2.24) is 5.32 Å². The van der Waals surface area contributed by atoms with E-state index in [-0.39, 0.29) is 11.8 Å². The van der Waals surface area contributed by atoms with Gasteiger partial charge in [-0.2, -0.15) is 0 Å². The van der Waals surface area contributed by atoms with Crippen LogP contribution in [0.1, 0.15) is 24.8 Å². The highest BCUT2D eigenvalue weighted by molar-refractivity contribution is 5.79. The van der Waals surface area contributed by atoms with Crippen molar-refractivity contribution < 1.29 is 14.3 Å². The molecular formula is C14H17NO3. The first-order valence-corrected chi connectivity index (χ1v) is 6.49. The molecule has 0 aromatic heterocycles. The standard InChI is InChI=1S/C14H17NO3/c16-14(11-2-1-3-11)15-9-10-4-5-12-13(8-10)18-7-6-17-12/h4-5,8,11H,1-3,6-7,9H2,(H,15,16). The van der Waals surface area contributed by atoms with Gasteiger partial charge >= 0.3 is 0 Å². The fraction of sp³-hybridized carbons (Fsp3) is 0.500. The van der Waals surface area contributed by atoms with Crippen LogP contribution in [0.3, 0.4) is 0 Å². The number of benzene rings is 1. The van der Waals surface area contributed by atoms with Crippen LogP contribution in [0.25, 0.3) is 0 Å². The van der Waals surface area contributed by atoms with Gasteiger partial charge in [0.2, 0.25) is 5.91 Å². The lowest BCUT2D eigenvalue weighted by Gasteiger charge is -2.24. The minimum absolute atomic E-state index is 0.177. The molecule has 0 spiro atoms. The average molecular weight is 247 g/mol. The maximum atomic E-state index is 11.7. The smallest absolute Gasteiger partial charge is 0.223 e. The summed E-state index contributed by atoms with van der Waals surface area (Å²) in [7, 11) is 0. The maximum absolute atomic E-state index is 11.7. The molecule has 96 valence electrons. The van der Waals surface area contributed by atoms with E-state index < -0.39 is 0 Å². The van der Waals surface area contributed by atoms with E-state index in [9.17, 15) is 4.79 Å². The Bertz CT molecular complexity index is 454. The summed E-state index contributed by atoms with van der Waals surface area (Å²) in [5.41, 5.74) is 1.05. The average Bonchev–Trinajstić information content (AvgIpc) is 2.34. The van der Waals surface area contributed by atoms with Gasteiger partial charge < -0.3 is 14.8 Å². The summed E-state index contributed by atoms with van der Waals surface area (Å²) in [5, 5.41) is 2.97. The van der Waals surface area contributed by atoms with Crippen molar-refractivity contribution in [3.63, 3.8) is 0 Å². The third kappa shape index (κ3) is 2.28. The zero-order chi connectivity index (χ0) is 12.4. The predicted molar refractivity (Wildman–Crippen MR) is 66.6 cm³/mol. The first-order chi connectivity index (χ1) is 8.83. The highest BCUT2D eigenvalue weighted by atomic mass is 16.6. The number of carbonyl (C=O) groups is 1. The van der Waals surface area contributed by atoms with Gasteiger partial charge in [0.05, 0.1) is 0 Å². The van der Waals surface area contributed by atoms with Crippen LogP contribution in [0.4, 0.5) is 0 Å². The van der Waals surface area contributed by atoms with Crippen LogP contribution >= 0.6 is 0 Å². The lowest BCUT2D eigenvalue weighted by atomic mass is 9.85. The molecule has 1 amide bonds. The second-order valence-corrected chi connectivity index (χ2v) is 4.82. The van der Waals surface area contributed by atoms with Crippen LogP contribution in [0.15, 0.2) is 18.2 Å². The van der Waals surface area contributed by atoms with E-state index in [4.69, 9.17) is 9.47 Å². The SMILES string of the molecule is O=C(NCc1ccc2c(c1)OCCO2)C1CCC1. The molecule has 1 aliphatic heterocycles. The molecule has 2 aliphatic rings. The minimum Gasteiger partial charge on any atom is -0.486 e. The lowest BCUT2D eigenvalue weighted by Crippen LogP contribution is -2.33. The van der Waals surface area contributed by atoms with E-state index in [0.717, 1.165) is 29.9 Å². The van der Waals surface area contributed by atoms with Gasteiger partial charge in [-0.15, -0.1) is 0 Å². The van der Waals surface area contributed by atoms with Gasteiger partial charge in [0.1, 0.15) is 13.2 Å². The number of ether oxygens (including phenoxy) is 2. The molecule has 1 N–H and O–H groups in total. The van der Waals surface area contributed by atoms with Crippen molar-refractivity contribution in [2.24, 2.45) is 5.92 Å². The molecule has 1 aromatic rings. The van der Waals surface area contributed by atoms with E-state index in [1.165, 1.54) is 6.42 Å². The molecule has 4 heteroatoms. The van der Waals surface area contributed by atoms with Gasteiger partial charge in [-0.1, -0.05) is 12.5 Å². The molecule has 1 saturated carbocycles. The minimum atomic E-state index is 0.177. The fourth-order valence-electron chi connectivity index (χ4n) is 2.20. The number of rotatable bonds is 3. The van der Waals surface area contributed by atoms with Crippen molar-refractivity contribution in [2.45, 2.75) is 25.8 Å². The van der Waals surface area contributed by atoms with Crippen LogP contribution in [-0.2, 0) is 11.3 Å².